The van der Waals surface area contributed by atoms with Crippen molar-refractivity contribution in [2.45, 2.75) is 31.3 Å². The molecule has 2 aliphatic heterocycles. The predicted molar refractivity (Wildman–Crippen MR) is 43.5 cm³/mol. The van der Waals surface area contributed by atoms with E-state index in [1.54, 1.807) is 0 Å². The third-order valence-corrected chi connectivity index (χ3v) is 2.79. The Bertz CT molecular complexity index is 132. The van der Waals surface area contributed by atoms with Gasteiger partial charge in [-0.05, 0) is 25.8 Å². The van der Waals surface area contributed by atoms with E-state index in [1.165, 1.54) is 25.8 Å². The second-order valence-corrected chi connectivity index (χ2v) is 3.38. The SMILES string of the molecule is NNN1CCC2NCCCC21. The molecule has 0 aromatic rings. The van der Waals surface area contributed by atoms with Gasteiger partial charge in [-0.3, -0.25) is 5.84 Å². The molecule has 4 nitrogen and oxygen atoms in total. The highest BCUT2D eigenvalue weighted by atomic mass is 15.6. The van der Waals surface area contributed by atoms with Crippen LogP contribution in [0.5, 0.6) is 0 Å². The van der Waals surface area contributed by atoms with Gasteiger partial charge in [-0.1, -0.05) is 0 Å². The van der Waals surface area contributed by atoms with E-state index in [2.05, 4.69) is 15.9 Å². The summed E-state index contributed by atoms with van der Waals surface area (Å²) >= 11 is 0. The van der Waals surface area contributed by atoms with Crippen LogP contribution in [0.15, 0.2) is 0 Å². The number of nitrogens with two attached hydrogens (primary N) is 1. The van der Waals surface area contributed by atoms with E-state index in [-0.39, 0.29) is 0 Å². The normalized spacial score (nSPS) is 39.0. The van der Waals surface area contributed by atoms with Gasteiger partial charge < -0.3 is 5.32 Å². The maximum atomic E-state index is 5.39. The Kier molecular flexibility index (Phi) is 2.09. The Labute approximate surface area is 67.1 Å². The van der Waals surface area contributed by atoms with Gasteiger partial charge in [0.15, 0.2) is 0 Å². The zero-order valence-electron chi connectivity index (χ0n) is 6.71. The van der Waals surface area contributed by atoms with Crippen molar-refractivity contribution in [1.82, 2.24) is 15.9 Å². The largest absolute Gasteiger partial charge is 0.312 e. The summed E-state index contributed by atoms with van der Waals surface area (Å²) in [6, 6.07) is 1.31. The average Bonchev–Trinajstić information content (AvgIpc) is 2.47. The molecule has 0 spiro atoms. The lowest BCUT2D eigenvalue weighted by molar-refractivity contribution is 0.138. The lowest BCUT2D eigenvalue weighted by atomic mass is 10.0. The molecule has 4 N–H and O–H groups in total. The molecule has 2 rings (SSSR count). The number of piperidine rings is 1. The Morgan fingerprint density at radius 2 is 2.36 bits per heavy atom. The summed E-state index contributed by atoms with van der Waals surface area (Å²) in [4.78, 5) is 0. The fourth-order valence-electron chi connectivity index (χ4n) is 2.21. The van der Waals surface area contributed by atoms with E-state index < -0.39 is 0 Å². The molecule has 2 aliphatic rings. The van der Waals surface area contributed by atoms with Crippen LogP contribution in [0.3, 0.4) is 0 Å². The van der Waals surface area contributed by atoms with Gasteiger partial charge in [0.25, 0.3) is 0 Å². The number of fused-ring (bicyclic) bond motifs is 1. The van der Waals surface area contributed by atoms with E-state index in [9.17, 15) is 0 Å². The van der Waals surface area contributed by atoms with Crippen molar-refractivity contribution in [2.75, 3.05) is 13.1 Å². The Morgan fingerprint density at radius 1 is 1.45 bits per heavy atom. The van der Waals surface area contributed by atoms with Crippen molar-refractivity contribution in [2.24, 2.45) is 5.84 Å². The standard InChI is InChI=1S/C7H16N4/c8-10-11-5-3-6-7(11)2-1-4-9-6/h6-7,9-10H,1-5,8H2. The zero-order valence-corrected chi connectivity index (χ0v) is 6.71. The smallest absolute Gasteiger partial charge is 0.0411 e. The van der Waals surface area contributed by atoms with Crippen molar-refractivity contribution in [1.29, 1.82) is 0 Å². The van der Waals surface area contributed by atoms with Crippen LogP contribution in [0.25, 0.3) is 0 Å². The summed E-state index contributed by atoms with van der Waals surface area (Å²) in [5.74, 6) is 5.39. The molecule has 2 unspecified atom stereocenters. The van der Waals surface area contributed by atoms with Crippen LogP contribution in [-0.4, -0.2) is 30.2 Å². The van der Waals surface area contributed by atoms with Gasteiger partial charge in [0, 0.05) is 18.6 Å². The van der Waals surface area contributed by atoms with E-state index in [0.29, 0.717) is 12.1 Å². The molecule has 0 aliphatic carbocycles. The van der Waals surface area contributed by atoms with Gasteiger partial charge in [0.1, 0.15) is 0 Å². The minimum Gasteiger partial charge on any atom is -0.312 e. The molecule has 0 aromatic heterocycles. The van der Waals surface area contributed by atoms with Crippen LogP contribution in [0.1, 0.15) is 19.3 Å². The number of hydrogen-bond acceptors (Lipinski definition) is 4. The topological polar surface area (TPSA) is 53.3 Å². The third-order valence-electron chi connectivity index (χ3n) is 2.79. The molecule has 0 bridgehead atoms. The van der Waals surface area contributed by atoms with Crippen LogP contribution >= 0.6 is 0 Å². The molecule has 2 atom stereocenters. The maximum absolute atomic E-state index is 5.39. The summed E-state index contributed by atoms with van der Waals surface area (Å²) in [6.45, 7) is 2.26. The minimum atomic E-state index is 0.633. The Morgan fingerprint density at radius 3 is 3.18 bits per heavy atom. The predicted octanol–water partition coefficient (Wildman–Crippen LogP) is -0.809. The molecule has 0 aromatic carbocycles. The fourth-order valence-corrected chi connectivity index (χ4v) is 2.21. The number of nitrogens with one attached hydrogen (secondary N) is 2. The number of nitrogens with zero attached hydrogens (tertiary/aromatic N) is 1. The van der Waals surface area contributed by atoms with E-state index >= 15 is 0 Å². The summed E-state index contributed by atoms with van der Waals surface area (Å²) in [6.07, 6.45) is 3.79. The fraction of sp³-hybridized carbons (Fsp3) is 1.00. The first-order valence-corrected chi connectivity index (χ1v) is 4.38. The maximum Gasteiger partial charge on any atom is 0.0411 e. The van der Waals surface area contributed by atoms with Crippen molar-refractivity contribution in [3.05, 3.63) is 0 Å². The van der Waals surface area contributed by atoms with E-state index in [0.717, 1.165) is 6.54 Å². The lowest BCUT2D eigenvalue weighted by Gasteiger charge is -2.31. The van der Waals surface area contributed by atoms with E-state index in [4.69, 9.17) is 5.84 Å². The van der Waals surface area contributed by atoms with Crippen LogP contribution in [0, 0.1) is 0 Å². The first-order valence-electron chi connectivity index (χ1n) is 4.38. The van der Waals surface area contributed by atoms with Crippen LogP contribution in [0.4, 0.5) is 0 Å². The summed E-state index contributed by atoms with van der Waals surface area (Å²) in [7, 11) is 0. The molecule has 2 fully saturated rings. The van der Waals surface area contributed by atoms with Crippen molar-refractivity contribution < 1.29 is 0 Å². The molecule has 2 heterocycles. The molecule has 0 radical (unpaired) electrons. The van der Waals surface area contributed by atoms with E-state index in [1.807, 2.05) is 0 Å². The third kappa shape index (κ3) is 1.27. The van der Waals surface area contributed by atoms with Crippen molar-refractivity contribution in [3.8, 4) is 0 Å². The lowest BCUT2D eigenvalue weighted by Crippen LogP contribution is -2.53. The first kappa shape index (κ1) is 7.49. The van der Waals surface area contributed by atoms with Crippen molar-refractivity contribution in [3.63, 3.8) is 0 Å². The second-order valence-electron chi connectivity index (χ2n) is 3.38. The van der Waals surface area contributed by atoms with Gasteiger partial charge in [-0.25, -0.2) is 5.01 Å². The summed E-state index contributed by atoms with van der Waals surface area (Å²) in [5, 5.41) is 5.66. The van der Waals surface area contributed by atoms with Gasteiger partial charge in [-0.2, -0.15) is 5.53 Å². The van der Waals surface area contributed by atoms with Crippen LogP contribution in [-0.2, 0) is 0 Å². The Hall–Kier alpha value is -0.160. The molecular formula is C7H16N4. The van der Waals surface area contributed by atoms with Gasteiger partial charge in [-0.15, -0.1) is 0 Å². The molecule has 0 saturated carbocycles. The highest BCUT2D eigenvalue weighted by Gasteiger charge is 2.34. The molecule has 64 valence electrons. The molecule has 2 saturated heterocycles. The number of rotatable bonds is 1. The zero-order chi connectivity index (χ0) is 7.68. The minimum absolute atomic E-state index is 0.633. The highest BCUT2D eigenvalue weighted by Crippen LogP contribution is 2.22. The number of hydrogen-bond donors (Lipinski definition) is 3. The van der Waals surface area contributed by atoms with Gasteiger partial charge in [0.05, 0.1) is 0 Å². The quantitative estimate of drug-likeness (QED) is 0.343. The average molecular weight is 156 g/mol. The molecular weight excluding hydrogens is 140 g/mol. The molecule has 0 amide bonds. The summed E-state index contributed by atoms with van der Waals surface area (Å²) < 4.78 is 0. The van der Waals surface area contributed by atoms with Crippen molar-refractivity contribution >= 4 is 0 Å². The van der Waals surface area contributed by atoms with Crippen LogP contribution < -0.4 is 16.7 Å². The number of hydrazine groups is 2. The molecule has 11 heavy (non-hydrogen) atoms. The highest BCUT2D eigenvalue weighted by molar-refractivity contribution is 4.92. The van der Waals surface area contributed by atoms with Gasteiger partial charge >= 0.3 is 0 Å². The first-order chi connectivity index (χ1) is 5.42. The second kappa shape index (κ2) is 3.06. The molecule has 4 heteroatoms. The summed E-state index contributed by atoms with van der Waals surface area (Å²) in [5.41, 5.74) is 2.76. The van der Waals surface area contributed by atoms with Gasteiger partial charge in [0.2, 0.25) is 0 Å². The monoisotopic (exact) mass is 156 g/mol. The van der Waals surface area contributed by atoms with Crippen LogP contribution in [0.2, 0.25) is 0 Å². The Balaban J connectivity index is 1.98.